The summed E-state index contributed by atoms with van der Waals surface area (Å²) < 4.78 is 4.74. The van der Waals surface area contributed by atoms with Crippen LogP contribution in [0.5, 0.6) is 0 Å². The molecule has 0 bridgehead atoms. The number of nitrogens with one attached hydrogen (secondary N) is 1. The van der Waals surface area contributed by atoms with E-state index in [1.807, 2.05) is 11.0 Å². The van der Waals surface area contributed by atoms with E-state index in [4.69, 9.17) is 4.74 Å². The molecule has 0 saturated heterocycles. The molecule has 6 nitrogen and oxygen atoms in total. The maximum Gasteiger partial charge on any atom is 0.337 e. The highest BCUT2D eigenvalue weighted by Gasteiger charge is 2.16. The summed E-state index contributed by atoms with van der Waals surface area (Å²) in [7, 11) is 1.35. The van der Waals surface area contributed by atoms with Crippen molar-refractivity contribution in [3.05, 3.63) is 53.9 Å². The Kier molecular flexibility index (Phi) is 7.14. The number of anilines is 2. The molecule has 0 atom stereocenters. The van der Waals surface area contributed by atoms with Crippen molar-refractivity contribution >= 4 is 23.3 Å². The maximum atomic E-state index is 12.7. The first-order valence-electron chi connectivity index (χ1n) is 8.79. The number of esters is 1. The molecule has 1 aromatic heterocycles. The summed E-state index contributed by atoms with van der Waals surface area (Å²) in [5.41, 5.74) is 2.33. The van der Waals surface area contributed by atoms with Gasteiger partial charge in [0.25, 0.3) is 5.91 Å². The van der Waals surface area contributed by atoms with Crippen molar-refractivity contribution in [3.8, 4) is 0 Å². The van der Waals surface area contributed by atoms with E-state index in [1.54, 1.807) is 36.5 Å². The number of methoxy groups -OCH3 is 1. The van der Waals surface area contributed by atoms with Crippen molar-refractivity contribution in [2.45, 2.75) is 26.7 Å². The van der Waals surface area contributed by atoms with Gasteiger partial charge in [0.2, 0.25) is 0 Å². The Morgan fingerprint density at radius 2 is 1.77 bits per heavy atom. The van der Waals surface area contributed by atoms with Crippen molar-refractivity contribution in [3.63, 3.8) is 0 Å². The lowest BCUT2D eigenvalue weighted by atomic mass is 10.2. The van der Waals surface area contributed by atoms with Gasteiger partial charge in [-0.25, -0.2) is 4.79 Å². The summed E-state index contributed by atoms with van der Waals surface area (Å²) in [6, 6.07) is 10.5. The predicted octanol–water partition coefficient (Wildman–Crippen LogP) is 3.87. The van der Waals surface area contributed by atoms with Gasteiger partial charge in [0.1, 0.15) is 5.69 Å². The second-order valence-corrected chi connectivity index (χ2v) is 5.92. The second-order valence-electron chi connectivity index (χ2n) is 5.92. The molecule has 2 aromatic rings. The van der Waals surface area contributed by atoms with Gasteiger partial charge in [0, 0.05) is 30.7 Å². The predicted molar refractivity (Wildman–Crippen MR) is 102 cm³/mol. The van der Waals surface area contributed by atoms with Crippen molar-refractivity contribution < 1.29 is 14.3 Å². The molecule has 26 heavy (non-hydrogen) atoms. The zero-order chi connectivity index (χ0) is 18.9. The first-order chi connectivity index (χ1) is 12.6. The maximum absolute atomic E-state index is 12.7. The zero-order valence-corrected chi connectivity index (χ0v) is 15.5. The standard InChI is InChI=1S/C20H25N3O3/c1-4-11-23(12-5-2)19(24)18-14-17(9-10-21-18)22-16-8-6-7-15(13-16)20(25)26-3/h6-10,13-14H,4-5,11-12H2,1-3H3,(H,21,22). The Morgan fingerprint density at radius 1 is 1.08 bits per heavy atom. The fraction of sp³-hybridized carbons (Fsp3) is 0.350. The summed E-state index contributed by atoms with van der Waals surface area (Å²) >= 11 is 0. The van der Waals surface area contributed by atoms with Crippen LogP contribution in [0.3, 0.4) is 0 Å². The van der Waals surface area contributed by atoms with Gasteiger partial charge >= 0.3 is 5.97 Å². The van der Waals surface area contributed by atoms with Crippen molar-refractivity contribution in [2.75, 3.05) is 25.5 Å². The lowest BCUT2D eigenvalue weighted by Gasteiger charge is -2.21. The van der Waals surface area contributed by atoms with E-state index in [0.29, 0.717) is 24.3 Å². The number of amides is 1. The molecular weight excluding hydrogens is 330 g/mol. The van der Waals surface area contributed by atoms with Crippen LogP contribution in [0.4, 0.5) is 11.4 Å². The molecule has 0 aliphatic rings. The molecule has 2 rings (SSSR count). The van der Waals surface area contributed by atoms with Crippen LogP contribution in [0.1, 0.15) is 47.5 Å². The molecule has 0 aliphatic heterocycles. The van der Waals surface area contributed by atoms with Crippen LogP contribution in [0, 0.1) is 0 Å². The highest BCUT2D eigenvalue weighted by Crippen LogP contribution is 2.19. The van der Waals surface area contributed by atoms with E-state index < -0.39 is 5.97 Å². The van der Waals surface area contributed by atoms with Gasteiger partial charge in [0.05, 0.1) is 12.7 Å². The lowest BCUT2D eigenvalue weighted by molar-refractivity contribution is 0.0600. The van der Waals surface area contributed by atoms with Crippen LogP contribution in [-0.2, 0) is 4.74 Å². The minimum Gasteiger partial charge on any atom is -0.465 e. The topological polar surface area (TPSA) is 71.5 Å². The molecule has 0 saturated carbocycles. The average molecular weight is 355 g/mol. The molecule has 1 aromatic carbocycles. The Morgan fingerprint density at radius 3 is 2.42 bits per heavy atom. The number of ether oxygens (including phenoxy) is 1. The normalized spacial score (nSPS) is 10.3. The van der Waals surface area contributed by atoms with E-state index in [9.17, 15) is 9.59 Å². The molecule has 0 radical (unpaired) electrons. The van der Waals surface area contributed by atoms with E-state index >= 15 is 0 Å². The molecule has 0 fully saturated rings. The monoisotopic (exact) mass is 355 g/mol. The third-order valence-electron chi connectivity index (χ3n) is 3.83. The summed E-state index contributed by atoms with van der Waals surface area (Å²) in [6.45, 7) is 5.53. The van der Waals surface area contributed by atoms with Crippen LogP contribution in [0.15, 0.2) is 42.6 Å². The van der Waals surface area contributed by atoms with Gasteiger partial charge in [-0.3, -0.25) is 9.78 Å². The smallest absolute Gasteiger partial charge is 0.337 e. The Bertz CT molecular complexity index is 755. The van der Waals surface area contributed by atoms with E-state index in [0.717, 1.165) is 24.2 Å². The van der Waals surface area contributed by atoms with Gasteiger partial charge in [-0.05, 0) is 43.2 Å². The first-order valence-corrected chi connectivity index (χ1v) is 8.79. The molecule has 1 amide bonds. The molecule has 1 N–H and O–H groups in total. The largest absolute Gasteiger partial charge is 0.465 e. The first kappa shape index (κ1) is 19.4. The minimum absolute atomic E-state index is 0.0688. The third kappa shape index (κ3) is 5.05. The molecule has 0 aliphatic carbocycles. The number of hydrogen-bond acceptors (Lipinski definition) is 5. The van der Waals surface area contributed by atoms with E-state index in [2.05, 4.69) is 24.1 Å². The summed E-state index contributed by atoms with van der Waals surface area (Å²) in [5, 5.41) is 3.20. The molecule has 138 valence electrons. The van der Waals surface area contributed by atoms with E-state index in [-0.39, 0.29) is 5.91 Å². The molecular formula is C20H25N3O3. The molecule has 0 unspecified atom stereocenters. The highest BCUT2D eigenvalue weighted by molar-refractivity contribution is 5.93. The number of carbonyl (C=O) groups excluding carboxylic acids is 2. The molecule has 0 spiro atoms. The van der Waals surface area contributed by atoms with Crippen molar-refractivity contribution in [1.82, 2.24) is 9.88 Å². The van der Waals surface area contributed by atoms with Gasteiger partial charge < -0.3 is 15.0 Å². The van der Waals surface area contributed by atoms with Gasteiger partial charge in [-0.2, -0.15) is 0 Å². The fourth-order valence-corrected chi connectivity index (χ4v) is 2.65. The van der Waals surface area contributed by atoms with Crippen molar-refractivity contribution in [1.29, 1.82) is 0 Å². The summed E-state index contributed by atoms with van der Waals surface area (Å²) in [6.07, 6.45) is 3.42. The van der Waals surface area contributed by atoms with Gasteiger partial charge in [-0.15, -0.1) is 0 Å². The Balaban J connectivity index is 2.19. The summed E-state index contributed by atoms with van der Waals surface area (Å²) in [5.74, 6) is -0.463. The lowest BCUT2D eigenvalue weighted by Crippen LogP contribution is -2.33. The van der Waals surface area contributed by atoms with Gasteiger partial charge in [-0.1, -0.05) is 19.9 Å². The zero-order valence-electron chi connectivity index (χ0n) is 15.5. The molecule has 6 heteroatoms. The fourth-order valence-electron chi connectivity index (χ4n) is 2.65. The van der Waals surface area contributed by atoms with Gasteiger partial charge in [0.15, 0.2) is 0 Å². The van der Waals surface area contributed by atoms with Crippen LogP contribution < -0.4 is 5.32 Å². The SMILES string of the molecule is CCCN(CCC)C(=O)c1cc(Nc2cccc(C(=O)OC)c2)ccn1. The van der Waals surface area contributed by atoms with Crippen LogP contribution in [0.25, 0.3) is 0 Å². The van der Waals surface area contributed by atoms with Crippen LogP contribution >= 0.6 is 0 Å². The van der Waals surface area contributed by atoms with E-state index in [1.165, 1.54) is 7.11 Å². The number of aromatic nitrogens is 1. The van der Waals surface area contributed by atoms with Crippen LogP contribution in [0.2, 0.25) is 0 Å². The highest BCUT2D eigenvalue weighted by atomic mass is 16.5. The third-order valence-corrected chi connectivity index (χ3v) is 3.83. The van der Waals surface area contributed by atoms with Crippen LogP contribution in [-0.4, -0.2) is 42.0 Å². The summed E-state index contributed by atoms with van der Waals surface area (Å²) in [4.78, 5) is 30.4. The number of hydrogen-bond donors (Lipinski definition) is 1. The second kappa shape index (κ2) is 9.56. The number of rotatable bonds is 8. The number of benzene rings is 1. The number of carbonyl (C=O) groups is 2. The quantitative estimate of drug-likeness (QED) is 0.728. The average Bonchev–Trinajstić information content (AvgIpc) is 2.67. The number of pyridine rings is 1. The minimum atomic E-state index is -0.394. The van der Waals surface area contributed by atoms with Crippen molar-refractivity contribution in [2.24, 2.45) is 0 Å². The number of nitrogens with zero attached hydrogens (tertiary/aromatic N) is 2. The molecule has 1 heterocycles. The Labute approximate surface area is 154 Å². The Hall–Kier alpha value is -2.89.